The maximum Gasteiger partial charge on any atom is 0.329 e. The number of amides is 1. The fourth-order valence-electron chi connectivity index (χ4n) is 10.3. The Balaban J connectivity index is 0.993. The number of hydrogen-bond acceptors (Lipinski definition) is 8. The SMILES string of the molecule is C[C@@H](COc1ccnc2c1[C@H](C)CCC2)C[C@H]1Cc2ccc(OCCCC(=O)N(C)CCc3cccc(OCCN(C)C)c3)cc2C12CCC(Nc1cccc(Cl)c1)(C(=O)O)CC2. The van der Waals surface area contributed by atoms with Gasteiger partial charge in [-0.15, -0.1) is 0 Å². The molecule has 1 amide bonds. The summed E-state index contributed by atoms with van der Waals surface area (Å²) in [6, 6.07) is 24.0. The second-order valence-corrected chi connectivity index (χ2v) is 19.3. The minimum Gasteiger partial charge on any atom is -0.494 e. The Morgan fingerprint density at radius 3 is 2.49 bits per heavy atom. The fraction of sp³-hybridized carbons (Fsp3) is 0.519. The van der Waals surface area contributed by atoms with Crippen molar-refractivity contribution in [3.05, 3.63) is 112 Å². The van der Waals surface area contributed by atoms with Crippen LogP contribution in [0.4, 0.5) is 5.69 Å². The number of nitrogens with one attached hydrogen (secondary N) is 1. The maximum atomic E-state index is 13.1. The minimum atomic E-state index is -1.10. The summed E-state index contributed by atoms with van der Waals surface area (Å²) in [6.45, 7) is 7.71. The van der Waals surface area contributed by atoms with Crippen LogP contribution in [-0.4, -0.2) is 91.4 Å². The molecule has 10 nitrogen and oxygen atoms in total. The van der Waals surface area contributed by atoms with Crippen LogP contribution >= 0.6 is 11.6 Å². The number of anilines is 1. The first-order valence-electron chi connectivity index (χ1n) is 23.1. The van der Waals surface area contributed by atoms with Crippen molar-refractivity contribution in [2.24, 2.45) is 11.8 Å². The number of pyridine rings is 1. The van der Waals surface area contributed by atoms with E-state index in [9.17, 15) is 14.7 Å². The molecule has 1 saturated carbocycles. The highest BCUT2D eigenvalue weighted by molar-refractivity contribution is 6.30. The largest absolute Gasteiger partial charge is 0.494 e. The number of nitrogens with zero attached hydrogens (tertiary/aromatic N) is 3. The third kappa shape index (κ3) is 11.3. The Labute approximate surface area is 379 Å². The molecule has 1 aromatic heterocycles. The van der Waals surface area contributed by atoms with Gasteiger partial charge in [-0.3, -0.25) is 9.78 Å². The fourth-order valence-corrected chi connectivity index (χ4v) is 10.5. The molecule has 3 aliphatic rings. The van der Waals surface area contributed by atoms with Gasteiger partial charge in [-0.05, 0) is 173 Å². The monoisotopic (exact) mass is 878 g/mol. The quantitative estimate of drug-likeness (QED) is 0.0838. The van der Waals surface area contributed by atoms with Crippen LogP contribution in [0.1, 0.15) is 106 Å². The third-order valence-corrected chi connectivity index (χ3v) is 14.2. The molecular formula is C52H67ClN4O6. The number of hydrogen-bond donors (Lipinski definition) is 2. The molecule has 11 heteroatoms. The van der Waals surface area contributed by atoms with E-state index in [4.69, 9.17) is 25.8 Å². The molecule has 3 aliphatic carbocycles. The van der Waals surface area contributed by atoms with Gasteiger partial charge in [0.1, 0.15) is 29.4 Å². The highest BCUT2D eigenvalue weighted by Gasteiger charge is 2.54. The van der Waals surface area contributed by atoms with E-state index < -0.39 is 11.5 Å². The first-order chi connectivity index (χ1) is 30.3. The van der Waals surface area contributed by atoms with Crippen LogP contribution in [-0.2, 0) is 34.3 Å². The van der Waals surface area contributed by atoms with Gasteiger partial charge in [-0.25, -0.2) is 4.79 Å². The molecule has 3 aromatic carbocycles. The predicted molar refractivity (Wildman–Crippen MR) is 251 cm³/mol. The van der Waals surface area contributed by atoms with E-state index in [0.29, 0.717) is 68.9 Å². The highest BCUT2D eigenvalue weighted by atomic mass is 35.5. The maximum absolute atomic E-state index is 13.1. The summed E-state index contributed by atoms with van der Waals surface area (Å²) >= 11 is 6.33. The summed E-state index contributed by atoms with van der Waals surface area (Å²) in [7, 11) is 5.92. The van der Waals surface area contributed by atoms with Gasteiger partial charge in [0.25, 0.3) is 0 Å². The van der Waals surface area contributed by atoms with E-state index in [2.05, 4.69) is 59.4 Å². The number of rotatable bonds is 20. The van der Waals surface area contributed by atoms with E-state index in [1.54, 1.807) is 17.0 Å². The molecule has 1 fully saturated rings. The van der Waals surface area contributed by atoms with Crippen molar-refractivity contribution in [2.45, 2.75) is 108 Å². The van der Waals surface area contributed by atoms with Crippen molar-refractivity contribution >= 4 is 29.2 Å². The second kappa shape index (κ2) is 20.8. The molecule has 0 saturated heterocycles. The Kier molecular flexibility index (Phi) is 15.3. The van der Waals surface area contributed by atoms with Crippen molar-refractivity contribution in [3.8, 4) is 17.2 Å². The lowest BCUT2D eigenvalue weighted by Crippen LogP contribution is -2.53. The van der Waals surface area contributed by atoms with Gasteiger partial charge in [0.05, 0.1) is 13.2 Å². The number of aromatic nitrogens is 1. The summed E-state index contributed by atoms with van der Waals surface area (Å²) in [4.78, 5) is 34.8. The van der Waals surface area contributed by atoms with E-state index in [1.165, 1.54) is 28.8 Å². The average molecular weight is 880 g/mol. The Morgan fingerprint density at radius 2 is 1.71 bits per heavy atom. The molecule has 338 valence electrons. The number of carbonyl (C=O) groups excluding carboxylic acids is 1. The van der Waals surface area contributed by atoms with Crippen molar-refractivity contribution in [2.75, 3.05) is 59.4 Å². The highest BCUT2D eigenvalue weighted by Crippen LogP contribution is 2.57. The van der Waals surface area contributed by atoms with Gasteiger partial charge in [-0.2, -0.15) is 0 Å². The van der Waals surface area contributed by atoms with E-state index in [1.807, 2.05) is 57.7 Å². The lowest BCUT2D eigenvalue weighted by molar-refractivity contribution is -0.144. The molecule has 4 aromatic rings. The van der Waals surface area contributed by atoms with Crippen LogP contribution in [0.2, 0.25) is 5.02 Å². The van der Waals surface area contributed by atoms with E-state index >= 15 is 0 Å². The number of carboxylic acids is 1. The summed E-state index contributed by atoms with van der Waals surface area (Å²) in [6.07, 6.45) is 11.3. The molecule has 2 N–H and O–H groups in total. The number of halogens is 1. The molecule has 0 radical (unpaired) electrons. The van der Waals surface area contributed by atoms with Crippen molar-refractivity contribution in [1.29, 1.82) is 0 Å². The summed E-state index contributed by atoms with van der Waals surface area (Å²) in [5.74, 6) is 2.91. The van der Waals surface area contributed by atoms with E-state index in [-0.39, 0.29) is 17.2 Å². The predicted octanol–water partition coefficient (Wildman–Crippen LogP) is 10.0. The number of fused-ring (bicyclic) bond motifs is 3. The number of ether oxygens (including phenoxy) is 3. The Morgan fingerprint density at radius 1 is 0.937 bits per heavy atom. The van der Waals surface area contributed by atoms with Gasteiger partial charge in [-0.1, -0.05) is 49.7 Å². The van der Waals surface area contributed by atoms with Crippen LogP contribution in [0.25, 0.3) is 0 Å². The lowest BCUT2D eigenvalue weighted by atomic mass is 9.59. The van der Waals surface area contributed by atoms with Crippen LogP contribution in [0.3, 0.4) is 0 Å². The van der Waals surface area contributed by atoms with Crippen LogP contribution in [0.5, 0.6) is 17.2 Å². The topological polar surface area (TPSA) is 113 Å². The van der Waals surface area contributed by atoms with Crippen LogP contribution < -0.4 is 19.5 Å². The molecule has 0 unspecified atom stereocenters. The van der Waals surface area contributed by atoms with Crippen LogP contribution in [0, 0.1) is 11.8 Å². The first kappa shape index (κ1) is 46.2. The average Bonchev–Trinajstić information content (AvgIpc) is 3.55. The normalized spacial score (nSPS) is 22.0. The number of benzene rings is 3. The number of aliphatic carboxylic acids is 1. The summed E-state index contributed by atoms with van der Waals surface area (Å²) in [5.41, 5.74) is 5.58. The number of likely N-dealkylation sites (N-methyl/N-ethyl adjacent to an activating group) is 2. The minimum absolute atomic E-state index is 0.0969. The summed E-state index contributed by atoms with van der Waals surface area (Å²) in [5, 5.41) is 14.7. The van der Waals surface area contributed by atoms with Gasteiger partial charge >= 0.3 is 5.97 Å². The Bertz CT molecular complexity index is 2190. The van der Waals surface area contributed by atoms with Gasteiger partial charge in [0.15, 0.2) is 0 Å². The second-order valence-electron chi connectivity index (χ2n) is 18.8. The third-order valence-electron chi connectivity index (χ3n) is 13.9. The molecule has 3 atom stereocenters. The molecule has 63 heavy (non-hydrogen) atoms. The first-order valence-corrected chi connectivity index (χ1v) is 23.5. The van der Waals surface area contributed by atoms with Crippen LogP contribution in [0.15, 0.2) is 79.0 Å². The molecule has 0 aliphatic heterocycles. The summed E-state index contributed by atoms with van der Waals surface area (Å²) < 4.78 is 18.9. The van der Waals surface area contributed by atoms with Crippen molar-refractivity contribution < 1.29 is 28.9 Å². The standard InChI is InChI=1S/C52H67ClN4O6/c1-36(35-63-47-19-25-54-46-15-6-10-37(2)49(46)47)30-40-32-39-17-18-44(34-45(39)51(40)21-23-52(24-22-51,50(59)60)55-42-13-8-12-41(53)33-42)61-28-9-16-48(58)57(5)26-20-38-11-7-14-43(31-38)62-29-27-56(3)4/h7-8,11-14,17-19,25,31,33-34,36-37,40,55H,6,9-10,15-16,20-24,26-30,32,35H2,1-5H3,(H,59,60)/t36-,37-,40+,51?,52?/m1/s1. The molecule has 7 rings (SSSR count). The lowest BCUT2D eigenvalue weighted by Gasteiger charge is -2.47. The molecule has 1 heterocycles. The number of carbonyl (C=O) groups is 2. The molecule has 0 bridgehead atoms. The molecule has 1 spiro atoms. The Hall–Kier alpha value is -4.80. The zero-order valence-corrected chi connectivity index (χ0v) is 38.7. The molecular weight excluding hydrogens is 812 g/mol. The van der Waals surface area contributed by atoms with E-state index in [0.717, 1.165) is 80.0 Å². The van der Waals surface area contributed by atoms with Gasteiger partial charge in [0, 0.05) is 54.7 Å². The zero-order valence-electron chi connectivity index (χ0n) is 38.0. The van der Waals surface area contributed by atoms with Crippen molar-refractivity contribution in [1.82, 2.24) is 14.8 Å². The number of aryl methyl sites for hydroxylation is 1. The number of carboxylic acid groups (broad SMARTS) is 1. The van der Waals surface area contributed by atoms with Crippen molar-refractivity contribution in [3.63, 3.8) is 0 Å². The van der Waals surface area contributed by atoms with Gasteiger partial charge < -0.3 is 34.4 Å². The zero-order chi connectivity index (χ0) is 44.6. The smallest absolute Gasteiger partial charge is 0.329 e. The van der Waals surface area contributed by atoms with Gasteiger partial charge in [0.2, 0.25) is 5.91 Å².